The number of rotatable bonds is 5. The highest BCUT2D eigenvalue weighted by molar-refractivity contribution is 6.06. The van der Waals surface area contributed by atoms with Gasteiger partial charge in [0.1, 0.15) is 0 Å². The first-order valence-electron chi connectivity index (χ1n) is 10.0. The highest BCUT2D eigenvalue weighted by Crippen LogP contribution is 2.65. The predicted octanol–water partition coefficient (Wildman–Crippen LogP) is 2.63. The molecule has 2 saturated carbocycles. The molecule has 1 aliphatic heterocycles. The minimum absolute atomic E-state index is 0.0588. The Labute approximate surface area is 158 Å². The maximum absolute atomic E-state index is 12.9. The van der Waals surface area contributed by atoms with Gasteiger partial charge in [0.15, 0.2) is 0 Å². The zero-order chi connectivity index (χ0) is 18.7. The van der Waals surface area contributed by atoms with Crippen molar-refractivity contribution in [3.8, 4) is 0 Å². The van der Waals surface area contributed by atoms with Gasteiger partial charge in [-0.3, -0.25) is 19.3 Å². The number of carbonyl (C=O) groups is 3. The van der Waals surface area contributed by atoms with Gasteiger partial charge in [-0.15, -0.1) is 0 Å². The molecular formula is C22H24N2O3. The van der Waals surface area contributed by atoms with Gasteiger partial charge in [-0.25, -0.2) is 0 Å². The highest BCUT2D eigenvalue weighted by atomic mass is 16.2. The molecule has 1 N–H and O–H groups in total. The molecule has 1 saturated heterocycles. The number of aryl methyl sites for hydroxylation is 1. The zero-order valence-corrected chi connectivity index (χ0v) is 15.4. The van der Waals surface area contributed by atoms with E-state index >= 15 is 0 Å². The minimum atomic E-state index is -0.180. The number of benzene rings is 1. The molecule has 27 heavy (non-hydrogen) atoms. The summed E-state index contributed by atoms with van der Waals surface area (Å²) in [7, 11) is 0. The molecule has 5 aliphatic rings. The van der Waals surface area contributed by atoms with Gasteiger partial charge in [-0.2, -0.15) is 0 Å². The lowest BCUT2D eigenvalue weighted by molar-refractivity contribution is -0.140. The first-order valence-corrected chi connectivity index (χ1v) is 10.0. The van der Waals surface area contributed by atoms with Gasteiger partial charge < -0.3 is 5.32 Å². The summed E-state index contributed by atoms with van der Waals surface area (Å²) in [5, 5.41) is 2.92. The molecule has 3 fully saturated rings. The smallest absolute Gasteiger partial charge is 0.233 e. The van der Waals surface area contributed by atoms with E-state index in [1.54, 1.807) is 0 Å². The number of carbonyl (C=O) groups excluding carboxylic acids is 3. The summed E-state index contributed by atoms with van der Waals surface area (Å²) >= 11 is 0. The average molecular weight is 364 g/mol. The summed E-state index contributed by atoms with van der Waals surface area (Å²) in [6.45, 7) is 2.22. The molecule has 1 aromatic rings. The van der Waals surface area contributed by atoms with Gasteiger partial charge in [0.2, 0.25) is 17.7 Å². The molecule has 6 atom stereocenters. The molecule has 6 rings (SSSR count). The van der Waals surface area contributed by atoms with E-state index in [0.717, 1.165) is 24.1 Å². The van der Waals surface area contributed by atoms with Gasteiger partial charge in [0.25, 0.3) is 0 Å². The fourth-order valence-corrected chi connectivity index (χ4v) is 5.62. The first-order chi connectivity index (χ1) is 13.1. The van der Waals surface area contributed by atoms with Crippen LogP contribution < -0.4 is 5.32 Å². The molecule has 3 amide bonds. The summed E-state index contributed by atoms with van der Waals surface area (Å²) in [6.07, 6.45) is 6.48. The van der Waals surface area contributed by atoms with E-state index in [-0.39, 0.29) is 54.4 Å². The Kier molecular flexibility index (Phi) is 3.74. The average Bonchev–Trinajstić information content (AvgIpc) is 3.46. The third-order valence-corrected chi connectivity index (χ3v) is 6.99. The number of anilines is 1. The number of likely N-dealkylation sites (tertiary alicyclic amines) is 1. The summed E-state index contributed by atoms with van der Waals surface area (Å²) in [6, 6.07) is 7.71. The third kappa shape index (κ3) is 2.47. The van der Waals surface area contributed by atoms with E-state index in [4.69, 9.17) is 0 Å². The van der Waals surface area contributed by atoms with Gasteiger partial charge in [0.05, 0.1) is 11.8 Å². The maximum Gasteiger partial charge on any atom is 0.233 e. The number of allylic oxidation sites excluding steroid dienone is 2. The molecule has 5 heteroatoms. The summed E-state index contributed by atoms with van der Waals surface area (Å²) in [5.41, 5.74) is 1.88. The van der Waals surface area contributed by atoms with Crippen molar-refractivity contribution in [2.24, 2.45) is 35.5 Å². The second kappa shape index (κ2) is 6.04. The van der Waals surface area contributed by atoms with E-state index in [2.05, 4.69) is 17.5 Å². The summed E-state index contributed by atoms with van der Waals surface area (Å²) in [5.74, 6) is 1.04. The summed E-state index contributed by atoms with van der Waals surface area (Å²) in [4.78, 5) is 39.6. The second-order valence-electron chi connectivity index (χ2n) is 8.29. The number of para-hydroxylation sites is 1. The highest BCUT2D eigenvalue weighted by Gasteiger charge is 2.66. The molecule has 5 nitrogen and oxygen atoms in total. The van der Waals surface area contributed by atoms with Crippen LogP contribution in [0.3, 0.4) is 0 Å². The molecule has 1 aromatic carbocycles. The Balaban J connectivity index is 1.25. The fourth-order valence-electron chi connectivity index (χ4n) is 5.62. The van der Waals surface area contributed by atoms with Gasteiger partial charge in [-0.1, -0.05) is 37.3 Å². The van der Waals surface area contributed by atoms with E-state index in [1.165, 1.54) is 4.90 Å². The largest absolute Gasteiger partial charge is 0.326 e. The van der Waals surface area contributed by atoms with Gasteiger partial charge in [-0.05, 0) is 48.1 Å². The van der Waals surface area contributed by atoms with Crippen molar-refractivity contribution in [3.05, 3.63) is 42.0 Å². The molecule has 0 spiro atoms. The number of amides is 3. The predicted molar refractivity (Wildman–Crippen MR) is 100 cm³/mol. The van der Waals surface area contributed by atoms with Crippen LogP contribution in [-0.2, 0) is 20.8 Å². The van der Waals surface area contributed by atoms with Crippen LogP contribution in [-0.4, -0.2) is 29.2 Å². The van der Waals surface area contributed by atoms with Gasteiger partial charge in [0, 0.05) is 18.7 Å². The number of nitrogens with zero attached hydrogens (tertiary/aromatic N) is 1. The first kappa shape index (κ1) is 16.7. The van der Waals surface area contributed by atoms with Gasteiger partial charge >= 0.3 is 0 Å². The van der Waals surface area contributed by atoms with Crippen molar-refractivity contribution in [1.82, 2.24) is 4.90 Å². The Morgan fingerprint density at radius 1 is 1.07 bits per heavy atom. The molecule has 1 heterocycles. The lowest BCUT2D eigenvalue weighted by Crippen LogP contribution is -2.40. The van der Waals surface area contributed by atoms with Crippen molar-refractivity contribution in [3.63, 3.8) is 0 Å². The van der Waals surface area contributed by atoms with E-state index in [9.17, 15) is 14.4 Å². The Bertz CT molecular complexity index is 825. The topological polar surface area (TPSA) is 66.5 Å². The van der Waals surface area contributed by atoms with Crippen LogP contribution in [0.5, 0.6) is 0 Å². The zero-order valence-electron chi connectivity index (χ0n) is 15.4. The molecule has 140 valence electrons. The number of nitrogens with one attached hydrogen (secondary N) is 1. The lowest BCUT2D eigenvalue weighted by atomic mass is 9.63. The number of hydrogen-bond donors (Lipinski definition) is 1. The second-order valence-corrected chi connectivity index (χ2v) is 8.29. The maximum atomic E-state index is 12.9. The van der Waals surface area contributed by atoms with Crippen molar-refractivity contribution >= 4 is 23.4 Å². The number of imide groups is 1. The van der Waals surface area contributed by atoms with Crippen molar-refractivity contribution in [1.29, 1.82) is 0 Å². The van der Waals surface area contributed by atoms with E-state index in [1.807, 2.05) is 31.2 Å². The van der Waals surface area contributed by atoms with Crippen molar-refractivity contribution in [2.75, 3.05) is 11.9 Å². The molecular weight excluding hydrogens is 340 g/mol. The van der Waals surface area contributed by atoms with Crippen molar-refractivity contribution in [2.45, 2.75) is 26.2 Å². The van der Waals surface area contributed by atoms with Crippen LogP contribution in [0.2, 0.25) is 0 Å². The monoisotopic (exact) mass is 364 g/mol. The number of hydrogen-bond acceptors (Lipinski definition) is 3. The molecule has 0 aromatic heterocycles. The fraction of sp³-hybridized carbons (Fsp3) is 0.500. The van der Waals surface area contributed by atoms with Crippen LogP contribution in [0.1, 0.15) is 25.3 Å². The Morgan fingerprint density at radius 3 is 2.33 bits per heavy atom. The molecule has 0 unspecified atom stereocenters. The minimum Gasteiger partial charge on any atom is -0.326 e. The third-order valence-electron chi connectivity index (χ3n) is 6.99. The van der Waals surface area contributed by atoms with Crippen LogP contribution in [0.4, 0.5) is 5.69 Å². The Hall–Kier alpha value is -2.43. The SMILES string of the molecule is CCc1ccccc1NC(=O)CCN1C(=O)[C@H]2[C@@H]3C=C[C@@H]([C@H]4C[C@H]34)[C@@H]2C1=O. The molecule has 0 radical (unpaired) electrons. The van der Waals surface area contributed by atoms with Crippen LogP contribution in [0.25, 0.3) is 0 Å². The van der Waals surface area contributed by atoms with Crippen molar-refractivity contribution < 1.29 is 14.4 Å². The van der Waals surface area contributed by atoms with Crippen LogP contribution in [0.15, 0.2) is 36.4 Å². The summed E-state index contributed by atoms with van der Waals surface area (Å²) < 4.78 is 0. The standard InChI is InChI=1S/C22H24N2O3/c1-2-12-5-3-4-6-17(12)23-18(25)9-10-24-21(26)19-13-7-8-14(16-11-15(13)16)20(19)22(24)27/h3-8,13-16,19-20H,2,9-11H2,1H3,(H,23,25)/t13-,14+,15-,16-,19+,20+/m1/s1. The van der Waals surface area contributed by atoms with Crippen LogP contribution in [0, 0.1) is 35.5 Å². The lowest BCUT2D eigenvalue weighted by Gasteiger charge is -2.37. The molecule has 4 aliphatic carbocycles. The van der Waals surface area contributed by atoms with E-state index in [0.29, 0.717) is 11.8 Å². The quantitative estimate of drug-likeness (QED) is 0.645. The van der Waals surface area contributed by atoms with E-state index < -0.39 is 0 Å². The normalized spacial score (nSPS) is 35.2. The molecule has 2 bridgehead atoms. The Morgan fingerprint density at radius 2 is 1.70 bits per heavy atom. The van der Waals surface area contributed by atoms with Crippen LogP contribution >= 0.6 is 0 Å².